The Morgan fingerprint density at radius 1 is 1.32 bits per heavy atom. The fourth-order valence-electron chi connectivity index (χ4n) is 1.63. The van der Waals surface area contributed by atoms with Crippen LogP contribution >= 0.6 is 0 Å². The molecule has 1 unspecified atom stereocenters. The molecular formula is C11H19N5O3. The average molecular weight is 269 g/mol. The summed E-state index contributed by atoms with van der Waals surface area (Å²) in [6.45, 7) is 4.55. The lowest BCUT2D eigenvalue weighted by Crippen LogP contribution is -2.16. The predicted octanol–water partition coefficient (Wildman–Crippen LogP) is 0.361. The first-order valence-corrected chi connectivity index (χ1v) is 6.38. The van der Waals surface area contributed by atoms with Crippen molar-refractivity contribution in [2.45, 2.75) is 19.8 Å². The van der Waals surface area contributed by atoms with Crippen molar-refractivity contribution in [1.29, 1.82) is 0 Å². The summed E-state index contributed by atoms with van der Waals surface area (Å²) in [6.07, 6.45) is 1.86. The van der Waals surface area contributed by atoms with E-state index in [0.29, 0.717) is 25.7 Å². The van der Waals surface area contributed by atoms with Crippen LogP contribution in [0.25, 0.3) is 0 Å². The Labute approximate surface area is 111 Å². The molecule has 1 aromatic rings. The van der Waals surface area contributed by atoms with Crippen LogP contribution in [0.15, 0.2) is 0 Å². The van der Waals surface area contributed by atoms with Gasteiger partial charge in [-0.15, -0.1) is 4.98 Å². The van der Waals surface area contributed by atoms with Gasteiger partial charge in [-0.05, 0) is 12.8 Å². The highest BCUT2D eigenvalue weighted by atomic mass is 16.5. The van der Waals surface area contributed by atoms with Crippen LogP contribution < -0.4 is 20.7 Å². The van der Waals surface area contributed by atoms with Crippen molar-refractivity contribution in [3.8, 4) is 12.0 Å². The topological polar surface area (TPSA) is 104 Å². The van der Waals surface area contributed by atoms with Crippen molar-refractivity contribution in [2.24, 2.45) is 11.8 Å². The van der Waals surface area contributed by atoms with Crippen LogP contribution in [0, 0.1) is 5.92 Å². The molecule has 1 saturated heterocycles. The third kappa shape index (κ3) is 4.18. The van der Waals surface area contributed by atoms with E-state index in [4.69, 9.17) is 20.1 Å². The number of anilines is 1. The molecule has 2 heterocycles. The summed E-state index contributed by atoms with van der Waals surface area (Å²) in [5, 5.41) is 0. The lowest BCUT2D eigenvalue weighted by molar-refractivity contribution is 0.162. The molecule has 0 bridgehead atoms. The van der Waals surface area contributed by atoms with Crippen LogP contribution in [-0.2, 0) is 4.74 Å². The van der Waals surface area contributed by atoms with Crippen molar-refractivity contribution in [3.05, 3.63) is 0 Å². The first-order valence-electron chi connectivity index (χ1n) is 6.38. The van der Waals surface area contributed by atoms with Gasteiger partial charge in [0, 0.05) is 12.5 Å². The number of ether oxygens (including phenoxy) is 3. The molecule has 1 aromatic heterocycles. The molecule has 106 valence electrons. The van der Waals surface area contributed by atoms with E-state index in [1.807, 2.05) is 6.92 Å². The third-order valence-corrected chi connectivity index (χ3v) is 2.63. The number of aromatic nitrogens is 3. The predicted molar refractivity (Wildman–Crippen MR) is 67.8 cm³/mol. The van der Waals surface area contributed by atoms with Crippen LogP contribution in [0.1, 0.15) is 19.8 Å². The van der Waals surface area contributed by atoms with E-state index in [2.05, 4.69) is 20.4 Å². The summed E-state index contributed by atoms with van der Waals surface area (Å²) in [5.74, 6) is 5.90. The van der Waals surface area contributed by atoms with Gasteiger partial charge in [0.1, 0.15) is 0 Å². The smallest absolute Gasteiger partial charge is 0.324 e. The monoisotopic (exact) mass is 269 g/mol. The zero-order valence-electron chi connectivity index (χ0n) is 11.0. The zero-order chi connectivity index (χ0) is 13.5. The second-order valence-corrected chi connectivity index (χ2v) is 4.26. The molecule has 8 heteroatoms. The Kier molecular flexibility index (Phi) is 5.10. The van der Waals surface area contributed by atoms with Crippen molar-refractivity contribution < 1.29 is 14.2 Å². The van der Waals surface area contributed by atoms with E-state index in [9.17, 15) is 0 Å². The first kappa shape index (κ1) is 13.8. The molecule has 19 heavy (non-hydrogen) atoms. The Morgan fingerprint density at radius 3 is 2.74 bits per heavy atom. The summed E-state index contributed by atoms with van der Waals surface area (Å²) < 4.78 is 16.2. The fourth-order valence-corrected chi connectivity index (χ4v) is 1.63. The van der Waals surface area contributed by atoms with Gasteiger partial charge in [0.2, 0.25) is 5.95 Å². The van der Waals surface area contributed by atoms with E-state index >= 15 is 0 Å². The second-order valence-electron chi connectivity index (χ2n) is 4.26. The van der Waals surface area contributed by atoms with Gasteiger partial charge in [-0.3, -0.25) is 5.43 Å². The van der Waals surface area contributed by atoms with Gasteiger partial charge >= 0.3 is 12.0 Å². The van der Waals surface area contributed by atoms with Crippen molar-refractivity contribution >= 4 is 5.95 Å². The van der Waals surface area contributed by atoms with Crippen molar-refractivity contribution in [2.75, 3.05) is 31.9 Å². The number of nitrogens with zero attached hydrogens (tertiary/aromatic N) is 3. The van der Waals surface area contributed by atoms with E-state index in [0.717, 1.165) is 19.4 Å². The zero-order valence-corrected chi connectivity index (χ0v) is 11.0. The van der Waals surface area contributed by atoms with E-state index in [1.54, 1.807) is 0 Å². The quantitative estimate of drug-likeness (QED) is 0.540. The van der Waals surface area contributed by atoms with Crippen molar-refractivity contribution in [1.82, 2.24) is 15.0 Å². The van der Waals surface area contributed by atoms with Gasteiger partial charge in [0.05, 0.1) is 19.8 Å². The molecule has 1 aliphatic heterocycles. The lowest BCUT2D eigenvalue weighted by Gasteiger charge is -2.10. The minimum Gasteiger partial charge on any atom is -0.463 e. The van der Waals surface area contributed by atoms with Crippen molar-refractivity contribution in [3.63, 3.8) is 0 Å². The number of hydrazine groups is 1. The summed E-state index contributed by atoms with van der Waals surface area (Å²) in [6, 6.07) is 0.420. The minimum absolute atomic E-state index is 0.209. The first-order chi connectivity index (χ1) is 9.31. The molecule has 1 atom stereocenters. The van der Waals surface area contributed by atoms with Gasteiger partial charge in [-0.25, -0.2) is 5.84 Å². The molecular weight excluding hydrogens is 250 g/mol. The van der Waals surface area contributed by atoms with Crippen LogP contribution in [0.2, 0.25) is 0 Å². The molecule has 1 fully saturated rings. The Morgan fingerprint density at radius 2 is 2.11 bits per heavy atom. The van der Waals surface area contributed by atoms with Crippen LogP contribution in [-0.4, -0.2) is 41.4 Å². The number of rotatable bonds is 7. The largest absolute Gasteiger partial charge is 0.463 e. The number of nitrogens with one attached hydrogen (secondary N) is 1. The second kappa shape index (κ2) is 7.05. The summed E-state index contributed by atoms with van der Waals surface area (Å²) in [4.78, 5) is 12.1. The maximum atomic E-state index is 5.54. The molecule has 0 radical (unpaired) electrons. The average Bonchev–Trinajstić information content (AvgIpc) is 2.96. The Hall–Kier alpha value is -1.67. The number of nitrogen functional groups attached to an aromatic ring is 1. The minimum atomic E-state index is 0.209. The molecule has 3 N–H and O–H groups in total. The molecule has 1 aliphatic rings. The maximum Gasteiger partial charge on any atom is 0.324 e. The molecule has 8 nitrogen and oxygen atoms in total. The molecule has 0 amide bonds. The van der Waals surface area contributed by atoms with Crippen LogP contribution in [0.4, 0.5) is 5.95 Å². The van der Waals surface area contributed by atoms with Crippen LogP contribution in [0.3, 0.4) is 0 Å². The third-order valence-electron chi connectivity index (χ3n) is 2.63. The van der Waals surface area contributed by atoms with E-state index in [1.165, 1.54) is 0 Å². The SMILES string of the molecule is CCCOc1nc(NN)nc(OCC2CCOC2)n1. The molecule has 2 rings (SSSR count). The normalized spacial score (nSPS) is 18.3. The summed E-state index contributed by atoms with van der Waals surface area (Å²) >= 11 is 0. The van der Waals surface area contributed by atoms with Gasteiger partial charge in [0.15, 0.2) is 0 Å². The fraction of sp³-hybridized carbons (Fsp3) is 0.727. The lowest BCUT2D eigenvalue weighted by atomic mass is 10.1. The highest BCUT2D eigenvalue weighted by Crippen LogP contribution is 2.16. The molecule has 0 aliphatic carbocycles. The van der Waals surface area contributed by atoms with Gasteiger partial charge in [-0.2, -0.15) is 9.97 Å². The number of hydrogen-bond donors (Lipinski definition) is 2. The number of hydrogen-bond acceptors (Lipinski definition) is 8. The highest BCUT2D eigenvalue weighted by molar-refractivity contribution is 5.25. The Balaban J connectivity index is 1.96. The van der Waals surface area contributed by atoms with Gasteiger partial charge in [-0.1, -0.05) is 6.92 Å². The van der Waals surface area contributed by atoms with Gasteiger partial charge < -0.3 is 14.2 Å². The van der Waals surface area contributed by atoms with E-state index in [-0.39, 0.29) is 18.0 Å². The highest BCUT2D eigenvalue weighted by Gasteiger charge is 2.17. The number of nitrogens with two attached hydrogens (primary N) is 1. The molecule has 0 aromatic carbocycles. The summed E-state index contributed by atoms with van der Waals surface area (Å²) in [5.41, 5.74) is 2.37. The van der Waals surface area contributed by atoms with Crippen LogP contribution in [0.5, 0.6) is 12.0 Å². The standard InChI is InChI=1S/C11H19N5O3/c1-2-4-18-10-13-9(16-12)14-11(15-10)19-7-8-3-5-17-6-8/h8H,2-7,12H2,1H3,(H,13,14,15,16). The van der Waals surface area contributed by atoms with Gasteiger partial charge in [0.25, 0.3) is 0 Å². The molecule has 0 spiro atoms. The molecule has 0 saturated carbocycles. The van der Waals surface area contributed by atoms with E-state index < -0.39 is 0 Å². The Bertz CT molecular complexity index is 398. The maximum absolute atomic E-state index is 5.54. The summed E-state index contributed by atoms with van der Waals surface area (Å²) in [7, 11) is 0.